The lowest BCUT2D eigenvalue weighted by Gasteiger charge is -2.45. The maximum atomic E-state index is 2.56. The third-order valence-corrected chi connectivity index (χ3v) is 14.0. The molecular formula is C65H45N3. The van der Waals surface area contributed by atoms with Crippen molar-refractivity contribution in [3.63, 3.8) is 0 Å². The van der Waals surface area contributed by atoms with Gasteiger partial charge in [-0.2, -0.15) is 0 Å². The van der Waals surface area contributed by atoms with Gasteiger partial charge in [-0.05, 0) is 117 Å². The van der Waals surface area contributed by atoms with Crippen molar-refractivity contribution in [2.45, 2.75) is 5.54 Å². The normalized spacial score (nSPS) is 13.9. The summed E-state index contributed by atoms with van der Waals surface area (Å²) in [6, 6.07) is 100.0. The monoisotopic (exact) mass is 867 g/mol. The molecule has 0 spiro atoms. The molecule has 11 aromatic carbocycles. The Morgan fingerprint density at radius 1 is 0.309 bits per heavy atom. The molecule has 13 rings (SSSR count). The van der Waals surface area contributed by atoms with Crippen molar-refractivity contribution in [3.8, 4) is 27.9 Å². The predicted molar refractivity (Wildman–Crippen MR) is 285 cm³/mol. The van der Waals surface area contributed by atoms with Crippen LogP contribution in [0.1, 0.15) is 16.7 Å². The maximum absolute atomic E-state index is 2.56. The van der Waals surface area contributed by atoms with Crippen LogP contribution >= 0.6 is 0 Å². The van der Waals surface area contributed by atoms with Crippen LogP contribution in [-0.4, -0.2) is 4.57 Å². The number of hydrogen-bond donors (Lipinski definition) is 0. The molecule has 68 heavy (non-hydrogen) atoms. The van der Waals surface area contributed by atoms with Crippen LogP contribution in [0.3, 0.4) is 0 Å². The summed E-state index contributed by atoms with van der Waals surface area (Å²) in [7, 11) is 0. The first kappa shape index (κ1) is 39.4. The van der Waals surface area contributed by atoms with Crippen LogP contribution in [-0.2, 0) is 5.54 Å². The van der Waals surface area contributed by atoms with Crippen molar-refractivity contribution in [1.82, 2.24) is 4.57 Å². The SMILES string of the molecule is c1ccc(-c2ccccc2-n2c3ccccc3c3ccc(N(c4ccc5c(c4)C(c4ccccc4)(N(c4ccccc4)c4ccccc4)c4ccccc4-5)c4ccc5ccccc5c4)cc32)cc1. The zero-order valence-electron chi connectivity index (χ0n) is 37.3. The van der Waals surface area contributed by atoms with E-state index < -0.39 is 5.54 Å². The van der Waals surface area contributed by atoms with Crippen molar-refractivity contribution in [3.05, 3.63) is 290 Å². The van der Waals surface area contributed by atoms with Crippen molar-refractivity contribution in [2.75, 3.05) is 9.80 Å². The summed E-state index contributed by atoms with van der Waals surface area (Å²) in [6.07, 6.45) is 0. The van der Waals surface area contributed by atoms with E-state index in [2.05, 4.69) is 287 Å². The molecule has 0 bridgehead atoms. The standard InChI is InChI=1S/C65H45N3/c1-5-22-47(23-6-1)55-31-16-19-35-62(55)67-63-36-20-17-33-58(63)59-42-40-54(45-64(59)67)66(52-38-37-46-21-13-14-24-48(46)43-52)53-39-41-57-56-32-15-18-34-60(56)65(61(57)44-53,49-25-7-2-8-26-49)68(50-27-9-3-10-28-50)51-29-11-4-12-30-51/h1-45H. The van der Waals surface area contributed by atoms with Crippen molar-refractivity contribution in [1.29, 1.82) is 0 Å². The van der Waals surface area contributed by atoms with Gasteiger partial charge in [0.2, 0.25) is 0 Å². The van der Waals surface area contributed by atoms with E-state index in [4.69, 9.17) is 0 Å². The van der Waals surface area contributed by atoms with Crippen LogP contribution in [0.5, 0.6) is 0 Å². The molecule has 0 amide bonds. The molecule has 1 aliphatic rings. The molecule has 0 fully saturated rings. The second-order valence-electron chi connectivity index (χ2n) is 17.7. The highest BCUT2D eigenvalue weighted by atomic mass is 15.2. The van der Waals surface area contributed by atoms with Gasteiger partial charge in [0.05, 0.1) is 16.7 Å². The van der Waals surface area contributed by atoms with Gasteiger partial charge in [0, 0.05) is 44.8 Å². The van der Waals surface area contributed by atoms with Crippen LogP contribution < -0.4 is 9.80 Å². The summed E-state index contributed by atoms with van der Waals surface area (Å²) in [5.74, 6) is 0. The zero-order valence-corrected chi connectivity index (χ0v) is 37.3. The molecule has 1 atom stereocenters. The highest BCUT2D eigenvalue weighted by molar-refractivity contribution is 6.11. The topological polar surface area (TPSA) is 11.4 Å². The van der Waals surface area contributed by atoms with Crippen LogP contribution in [0.4, 0.5) is 28.4 Å². The maximum Gasteiger partial charge on any atom is 0.122 e. The molecule has 1 aliphatic carbocycles. The van der Waals surface area contributed by atoms with Gasteiger partial charge in [0.1, 0.15) is 5.54 Å². The molecule has 1 unspecified atom stereocenters. The van der Waals surface area contributed by atoms with E-state index >= 15 is 0 Å². The Labute approximate surface area is 396 Å². The number of hydrogen-bond acceptors (Lipinski definition) is 2. The summed E-state index contributed by atoms with van der Waals surface area (Å²) >= 11 is 0. The summed E-state index contributed by atoms with van der Waals surface area (Å²) in [5.41, 5.74) is 16.6. The molecular weight excluding hydrogens is 823 g/mol. The molecule has 0 N–H and O–H groups in total. The van der Waals surface area contributed by atoms with E-state index in [1.807, 2.05) is 0 Å². The van der Waals surface area contributed by atoms with E-state index in [1.54, 1.807) is 0 Å². The molecule has 3 nitrogen and oxygen atoms in total. The van der Waals surface area contributed by atoms with Gasteiger partial charge in [-0.3, -0.25) is 0 Å². The molecule has 12 aromatic rings. The Bertz CT molecular complexity index is 3760. The fraction of sp³-hybridized carbons (Fsp3) is 0.0154. The number of rotatable bonds is 9. The average Bonchev–Trinajstić information content (AvgIpc) is 3.90. The van der Waals surface area contributed by atoms with Crippen LogP contribution in [0, 0.1) is 0 Å². The lowest BCUT2D eigenvalue weighted by molar-refractivity contribution is 0.644. The minimum Gasteiger partial charge on any atom is -0.323 e. The zero-order chi connectivity index (χ0) is 45.0. The number of benzene rings is 11. The van der Waals surface area contributed by atoms with E-state index in [-0.39, 0.29) is 0 Å². The lowest BCUT2D eigenvalue weighted by atomic mass is 9.78. The van der Waals surface area contributed by atoms with E-state index in [0.717, 1.165) is 39.6 Å². The molecule has 1 aromatic heterocycles. The molecule has 320 valence electrons. The Morgan fingerprint density at radius 3 is 1.60 bits per heavy atom. The van der Waals surface area contributed by atoms with Gasteiger partial charge in [-0.25, -0.2) is 0 Å². The molecule has 0 radical (unpaired) electrons. The number of anilines is 5. The Hall–Kier alpha value is -8.92. The quantitative estimate of drug-likeness (QED) is 0.143. The average molecular weight is 868 g/mol. The van der Waals surface area contributed by atoms with Crippen LogP contribution in [0.25, 0.3) is 60.5 Å². The summed E-state index contributed by atoms with van der Waals surface area (Å²) in [5, 5.41) is 4.82. The minimum absolute atomic E-state index is 0.752. The first-order valence-electron chi connectivity index (χ1n) is 23.4. The van der Waals surface area contributed by atoms with Crippen LogP contribution in [0.15, 0.2) is 273 Å². The number of fused-ring (bicyclic) bond motifs is 7. The molecule has 3 heteroatoms. The highest BCUT2D eigenvalue weighted by Gasteiger charge is 2.50. The third-order valence-electron chi connectivity index (χ3n) is 14.0. The van der Waals surface area contributed by atoms with Gasteiger partial charge in [0.25, 0.3) is 0 Å². The first-order valence-corrected chi connectivity index (χ1v) is 23.4. The fourth-order valence-electron chi connectivity index (χ4n) is 11.1. The number of para-hydroxylation sites is 4. The summed E-state index contributed by atoms with van der Waals surface area (Å²) in [6.45, 7) is 0. The smallest absolute Gasteiger partial charge is 0.122 e. The Morgan fingerprint density at radius 2 is 0.838 bits per heavy atom. The van der Waals surface area contributed by atoms with Gasteiger partial charge >= 0.3 is 0 Å². The Kier molecular flexibility index (Phi) is 9.40. The van der Waals surface area contributed by atoms with Crippen LogP contribution in [0.2, 0.25) is 0 Å². The number of aromatic nitrogens is 1. The molecule has 0 saturated carbocycles. The van der Waals surface area contributed by atoms with Gasteiger partial charge < -0.3 is 14.4 Å². The van der Waals surface area contributed by atoms with Crippen molar-refractivity contribution >= 4 is 61.0 Å². The minimum atomic E-state index is -0.752. The van der Waals surface area contributed by atoms with Gasteiger partial charge in [0.15, 0.2) is 0 Å². The Balaban J connectivity index is 1.10. The lowest BCUT2D eigenvalue weighted by Crippen LogP contribution is -2.44. The van der Waals surface area contributed by atoms with E-state index in [0.29, 0.717) is 0 Å². The van der Waals surface area contributed by atoms with E-state index in [9.17, 15) is 0 Å². The summed E-state index contributed by atoms with van der Waals surface area (Å²) in [4.78, 5) is 5.03. The number of nitrogens with zero attached hydrogens (tertiary/aromatic N) is 3. The molecule has 1 heterocycles. The van der Waals surface area contributed by atoms with Crippen molar-refractivity contribution in [2.24, 2.45) is 0 Å². The predicted octanol–water partition coefficient (Wildman–Crippen LogP) is 17.2. The third kappa shape index (κ3) is 6.21. The second kappa shape index (κ2) is 16.2. The van der Waals surface area contributed by atoms with Gasteiger partial charge in [-0.15, -0.1) is 0 Å². The first-order chi connectivity index (χ1) is 33.8. The second-order valence-corrected chi connectivity index (χ2v) is 17.7. The fourth-order valence-corrected chi connectivity index (χ4v) is 11.1. The van der Waals surface area contributed by atoms with E-state index in [1.165, 1.54) is 66.0 Å². The molecule has 0 saturated heterocycles. The van der Waals surface area contributed by atoms with Gasteiger partial charge in [-0.1, -0.05) is 200 Å². The van der Waals surface area contributed by atoms with Crippen molar-refractivity contribution < 1.29 is 0 Å². The molecule has 0 aliphatic heterocycles. The summed E-state index contributed by atoms with van der Waals surface area (Å²) < 4.78 is 2.46. The highest BCUT2D eigenvalue weighted by Crippen LogP contribution is 2.59. The largest absolute Gasteiger partial charge is 0.323 e.